The van der Waals surface area contributed by atoms with E-state index in [1.165, 1.54) is 11.1 Å². The molecule has 0 saturated carbocycles. The summed E-state index contributed by atoms with van der Waals surface area (Å²) < 4.78 is 7.13. The molecule has 9 heteroatoms. The van der Waals surface area contributed by atoms with Crippen molar-refractivity contribution in [3.05, 3.63) is 82.5 Å². The highest BCUT2D eigenvalue weighted by atomic mass is 16.5. The Labute approximate surface area is 208 Å². The second-order valence-electron chi connectivity index (χ2n) is 9.37. The van der Waals surface area contributed by atoms with Gasteiger partial charge in [0.25, 0.3) is 11.5 Å². The summed E-state index contributed by atoms with van der Waals surface area (Å²) in [5.74, 6) is -0.861. The van der Waals surface area contributed by atoms with Gasteiger partial charge in [0.15, 0.2) is 0 Å². The summed E-state index contributed by atoms with van der Waals surface area (Å²) >= 11 is 0. The zero-order valence-electron chi connectivity index (χ0n) is 20.4. The number of benzene rings is 1. The van der Waals surface area contributed by atoms with Crippen LogP contribution in [0.5, 0.6) is 5.75 Å². The number of fused-ring (bicyclic) bond motifs is 3. The van der Waals surface area contributed by atoms with E-state index in [2.05, 4.69) is 4.98 Å². The second-order valence-corrected chi connectivity index (χ2v) is 9.37. The molecule has 2 aliphatic heterocycles. The molecule has 0 aliphatic carbocycles. The molecule has 1 aromatic carbocycles. The molecule has 0 radical (unpaired) electrons. The lowest BCUT2D eigenvalue weighted by Gasteiger charge is -2.32. The SMILES string of the molecule is COc1ccccc1-c1ccc2n(c1=O)C[C@@H]1[C@@H](CO)[C@H](C(=O)N(C)C)N(C(=O)c3cccnc3)[C@H]21. The third-order valence-corrected chi connectivity index (χ3v) is 7.31. The van der Waals surface area contributed by atoms with E-state index < -0.39 is 18.0 Å². The van der Waals surface area contributed by atoms with Crippen molar-refractivity contribution in [3.63, 3.8) is 0 Å². The number of rotatable bonds is 5. The molecule has 4 atom stereocenters. The normalized spacial score (nSPS) is 22.2. The maximum atomic E-state index is 13.8. The van der Waals surface area contributed by atoms with Gasteiger partial charge < -0.3 is 24.2 Å². The minimum absolute atomic E-state index is 0.202. The van der Waals surface area contributed by atoms with Gasteiger partial charge in [0.2, 0.25) is 5.91 Å². The van der Waals surface area contributed by atoms with Crippen LogP contribution >= 0.6 is 0 Å². The van der Waals surface area contributed by atoms with Gasteiger partial charge in [-0.3, -0.25) is 19.4 Å². The molecule has 0 bridgehead atoms. The number of carbonyl (C=O) groups excluding carboxylic acids is 2. The fourth-order valence-corrected chi connectivity index (χ4v) is 5.67. The third-order valence-electron chi connectivity index (χ3n) is 7.31. The molecule has 3 aromatic rings. The number of amides is 2. The summed E-state index contributed by atoms with van der Waals surface area (Å²) in [5.41, 5.74) is 1.96. The molecular formula is C27H28N4O5. The van der Waals surface area contributed by atoms with E-state index in [0.29, 0.717) is 34.7 Å². The number of likely N-dealkylation sites (tertiary alicyclic amines) is 1. The molecule has 0 spiro atoms. The zero-order chi connectivity index (χ0) is 25.6. The fraction of sp³-hybridized carbons (Fsp3) is 0.333. The Balaban J connectivity index is 1.65. The van der Waals surface area contributed by atoms with Crippen molar-refractivity contribution < 1.29 is 19.4 Å². The van der Waals surface area contributed by atoms with E-state index in [4.69, 9.17) is 4.74 Å². The minimum Gasteiger partial charge on any atom is -0.496 e. The molecule has 1 N–H and O–H groups in total. The van der Waals surface area contributed by atoms with E-state index in [0.717, 1.165) is 0 Å². The highest BCUT2D eigenvalue weighted by Crippen LogP contribution is 2.50. The van der Waals surface area contributed by atoms with Gasteiger partial charge in [0.05, 0.1) is 24.3 Å². The van der Waals surface area contributed by atoms with Crippen LogP contribution in [0.3, 0.4) is 0 Å². The molecule has 0 unspecified atom stereocenters. The summed E-state index contributed by atoms with van der Waals surface area (Å²) in [6.07, 6.45) is 3.04. The molecule has 36 heavy (non-hydrogen) atoms. The molecule has 186 valence electrons. The number of nitrogens with zero attached hydrogens (tertiary/aromatic N) is 4. The van der Waals surface area contributed by atoms with Crippen LogP contribution in [-0.2, 0) is 11.3 Å². The molecular weight excluding hydrogens is 460 g/mol. The minimum atomic E-state index is -0.856. The van der Waals surface area contributed by atoms with Gasteiger partial charge in [0.1, 0.15) is 11.8 Å². The average Bonchev–Trinajstić information content (AvgIpc) is 3.43. The summed E-state index contributed by atoms with van der Waals surface area (Å²) in [6.45, 7) is 0.00537. The number of likely N-dealkylation sites (N-methyl/N-ethyl adjacent to an activating group) is 1. The fourth-order valence-electron chi connectivity index (χ4n) is 5.67. The number of para-hydroxylation sites is 1. The number of aromatic nitrogens is 2. The first-order chi connectivity index (χ1) is 17.4. The molecule has 1 saturated heterocycles. The van der Waals surface area contributed by atoms with Crippen molar-refractivity contribution >= 4 is 11.8 Å². The number of aliphatic hydroxyl groups is 1. The predicted octanol–water partition coefficient (Wildman–Crippen LogP) is 1.81. The number of hydrogen-bond acceptors (Lipinski definition) is 6. The Morgan fingerprint density at radius 1 is 1.11 bits per heavy atom. The molecule has 4 heterocycles. The van der Waals surface area contributed by atoms with Gasteiger partial charge >= 0.3 is 0 Å². The first-order valence-corrected chi connectivity index (χ1v) is 11.8. The van der Waals surface area contributed by atoms with Crippen molar-refractivity contribution in [3.8, 4) is 16.9 Å². The summed E-state index contributed by atoms with van der Waals surface area (Å²) in [4.78, 5) is 47.8. The van der Waals surface area contributed by atoms with Crippen molar-refractivity contribution in [2.45, 2.75) is 18.6 Å². The van der Waals surface area contributed by atoms with Gasteiger partial charge in [-0.1, -0.05) is 18.2 Å². The molecule has 1 fully saturated rings. The van der Waals surface area contributed by atoms with Gasteiger partial charge in [-0.05, 0) is 30.3 Å². The summed E-state index contributed by atoms with van der Waals surface area (Å²) in [6, 6.07) is 12.8. The van der Waals surface area contributed by atoms with Crippen LogP contribution in [0, 0.1) is 11.8 Å². The smallest absolute Gasteiger partial charge is 0.258 e. The number of aliphatic hydroxyl groups excluding tert-OH is 1. The van der Waals surface area contributed by atoms with Crippen LogP contribution in [-0.4, -0.2) is 70.1 Å². The van der Waals surface area contributed by atoms with Crippen molar-refractivity contribution in [2.75, 3.05) is 27.8 Å². The topological polar surface area (TPSA) is 105 Å². The van der Waals surface area contributed by atoms with Crippen LogP contribution < -0.4 is 10.3 Å². The Kier molecular flexibility index (Phi) is 6.09. The maximum Gasteiger partial charge on any atom is 0.258 e. The van der Waals surface area contributed by atoms with E-state index in [1.54, 1.807) is 61.1 Å². The highest BCUT2D eigenvalue weighted by Gasteiger charge is 2.57. The lowest BCUT2D eigenvalue weighted by Crippen LogP contribution is -2.50. The predicted molar refractivity (Wildman–Crippen MR) is 132 cm³/mol. The average molecular weight is 489 g/mol. The van der Waals surface area contributed by atoms with Gasteiger partial charge in [-0.15, -0.1) is 0 Å². The van der Waals surface area contributed by atoms with Crippen molar-refractivity contribution in [1.29, 1.82) is 0 Å². The Morgan fingerprint density at radius 3 is 2.56 bits per heavy atom. The first-order valence-electron chi connectivity index (χ1n) is 11.8. The number of methoxy groups -OCH3 is 1. The molecule has 5 rings (SSSR count). The zero-order valence-corrected chi connectivity index (χ0v) is 20.4. The first kappa shape index (κ1) is 23.7. The monoisotopic (exact) mass is 488 g/mol. The maximum absolute atomic E-state index is 13.8. The summed E-state index contributed by atoms with van der Waals surface area (Å²) in [7, 11) is 4.83. The molecule has 2 amide bonds. The Bertz CT molecular complexity index is 1370. The lowest BCUT2D eigenvalue weighted by molar-refractivity contribution is -0.134. The Hall–Kier alpha value is -3.98. The van der Waals surface area contributed by atoms with Gasteiger partial charge in [0, 0.05) is 62.7 Å². The molecule has 2 aromatic heterocycles. The third kappa shape index (κ3) is 3.58. The number of pyridine rings is 2. The number of hydrogen-bond donors (Lipinski definition) is 1. The quantitative estimate of drug-likeness (QED) is 0.587. The van der Waals surface area contributed by atoms with Crippen LogP contribution in [0.25, 0.3) is 11.1 Å². The van der Waals surface area contributed by atoms with Crippen LogP contribution in [0.15, 0.2) is 65.7 Å². The summed E-state index contributed by atoms with van der Waals surface area (Å²) in [5, 5.41) is 10.4. The van der Waals surface area contributed by atoms with Crippen molar-refractivity contribution in [2.24, 2.45) is 11.8 Å². The number of carbonyl (C=O) groups is 2. The second kappa shape index (κ2) is 9.23. The highest BCUT2D eigenvalue weighted by molar-refractivity contribution is 5.98. The standard InChI is InChI=1S/C27H28N4O5/c1-29(2)27(35)24-20(15-32)19-14-30-21(23(19)31(24)25(33)16-7-6-12-28-13-16)11-10-18(26(30)34)17-8-4-5-9-22(17)36-3/h4-13,19-20,23-24,32H,14-15H2,1-3H3/t19-,20-,23+,24-/m1/s1. The van der Waals surface area contributed by atoms with E-state index >= 15 is 0 Å². The Morgan fingerprint density at radius 2 is 1.89 bits per heavy atom. The van der Waals surface area contributed by atoms with E-state index in [1.807, 2.05) is 24.3 Å². The molecule has 2 aliphatic rings. The van der Waals surface area contributed by atoms with Gasteiger partial charge in [-0.2, -0.15) is 0 Å². The van der Waals surface area contributed by atoms with Crippen LogP contribution in [0.4, 0.5) is 0 Å². The van der Waals surface area contributed by atoms with Gasteiger partial charge in [-0.25, -0.2) is 0 Å². The van der Waals surface area contributed by atoms with E-state index in [9.17, 15) is 19.5 Å². The van der Waals surface area contributed by atoms with E-state index in [-0.39, 0.29) is 29.9 Å². The van der Waals surface area contributed by atoms with Crippen LogP contribution in [0.2, 0.25) is 0 Å². The lowest BCUT2D eigenvalue weighted by atomic mass is 9.88. The van der Waals surface area contributed by atoms with Crippen LogP contribution in [0.1, 0.15) is 22.1 Å². The molecule has 9 nitrogen and oxygen atoms in total. The largest absolute Gasteiger partial charge is 0.496 e. The van der Waals surface area contributed by atoms with Crippen molar-refractivity contribution in [1.82, 2.24) is 19.4 Å². The number of ether oxygens (including phenoxy) is 1.